The quantitative estimate of drug-likeness (QED) is 0.821. The lowest BCUT2D eigenvalue weighted by atomic mass is 10.1. The van der Waals surface area contributed by atoms with E-state index in [1.54, 1.807) is 12.1 Å². The molecule has 3 N–H and O–H groups in total. The Labute approximate surface area is 99.5 Å². The first-order valence-corrected chi connectivity index (χ1v) is 5.83. The average Bonchev–Trinajstić information content (AvgIpc) is 3.09. The van der Waals surface area contributed by atoms with Gasteiger partial charge in [0.25, 0.3) is 0 Å². The van der Waals surface area contributed by atoms with Crippen LogP contribution < -0.4 is 5.73 Å². The number of nitrogens with zero attached hydrogens (tertiary/aromatic N) is 2. The highest BCUT2D eigenvalue weighted by Crippen LogP contribution is 2.46. The van der Waals surface area contributed by atoms with Gasteiger partial charge in [-0.25, -0.2) is 9.97 Å². The first kappa shape index (κ1) is 10.5. The number of hydrogen-bond donors (Lipinski definition) is 2. The smallest absolute Gasteiger partial charge is 0.136 e. The fourth-order valence-electron chi connectivity index (χ4n) is 2.25. The molecule has 4 heteroatoms. The SMILES string of the molecule is Cc1nc(C2(CN)CC2)nc2cccc(O)c12. The topological polar surface area (TPSA) is 72.0 Å². The molecule has 0 saturated heterocycles. The van der Waals surface area contributed by atoms with Crippen LogP contribution in [0.2, 0.25) is 0 Å². The van der Waals surface area contributed by atoms with Crippen molar-refractivity contribution in [3.63, 3.8) is 0 Å². The Morgan fingerprint density at radius 1 is 1.35 bits per heavy atom. The minimum atomic E-state index is -0.00951. The molecule has 4 nitrogen and oxygen atoms in total. The highest BCUT2D eigenvalue weighted by Gasteiger charge is 2.46. The van der Waals surface area contributed by atoms with Crippen LogP contribution >= 0.6 is 0 Å². The van der Waals surface area contributed by atoms with Crippen molar-refractivity contribution in [2.75, 3.05) is 6.54 Å². The van der Waals surface area contributed by atoms with Crippen molar-refractivity contribution in [2.45, 2.75) is 25.2 Å². The van der Waals surface area contributed by atoms with Crippen molar-refractivity contribution in [1.82, 2.24) is 9.97 Å². The van der Waals surface area contributed by atoms with E-state index in [2.05, 4.69) is 9.97 Å². The molecule has 0 spiro atoms. The van der Waals surface area contributed by atoms with Crippen LogP contribution in [0.5, 0.6) is 5.75 Å². The fourth-order valence-corrected chi connectivity index (χ4v) is 2.25. The summed E-state index contributed by atoms with van der Waals surface area (Å²) in [5, 5.41) is 10.6. The summed E-state index contributed by atoms with van der Waals surface area (Å²) >= 11 is 0. The zero-order valence-corrected chi connectivity index (χ0v) is 9.77. The van der Waals surface area contributed by atoms with Gasteiger partial charge in [-0.1, -0.05) is 6.07 Å². The Kier molecular flexibility index (Phi) is 2.10. The van der Waals surface area contributed by atoms with Gasteiger partial charge in [-0.15, -0.1) is 0 Å². The van der Waals surface area contributed by atoms with E-state index in [-0.39, 0.29) is 11.2 Å². The molecular formula is C13H15N3O. The van der Waals surface area contributed by atoms with E-state index in [0.29, 0.717) is 6.54 Å². The third-order valence-corrected chi connectivity index (χ3v) is 3.60. The number of phenols is 1. The van der Waals surface area contributed by atoms with Gasteiger partial charge in [-0.3, -0.25) is 0 Å². The summed E-state index contributed by atoms with van der Waals surface area (Å²) in [6, 6.07) is 5.37. The second-order valence-electron chi connectivity index (χ2n) is 4.79. The van der Waals surface area contributed by atoms with Crippen LogP contribution in [-0.4, -0.2) is 21.6 Å². The van der Waals surface area contributed by atoms with Crippen molar-refractivity contribution >= 4 is 10.9 Å². The summed E-state index contributed by atoms with van der Waals surface area (Å²) in [4.78, 5) is 9.07. The molecule has 17 heavy (non-hydrogen) atoms. The standard InChI is InChI=1S/C13H15N3O/c1-8-11-9(3-2-4-10(11)17)16-12(15-8)13(7-14)5-6-13/h2-4,17H,5-7,14H2,1H3. The second-order valence-corrected chi connectivity index (χ2v) is 4.79. The Morgan fingerprint density at radius 2 is 2.12 bits per heavy atom. The molecule has 88 valence electrons. The van der Waals surface area contributed by atoms with Crippen LogP contribution in [0.15, 0.2) is 18.2 Å². The van der Waals surface area contributed by atoms with E-state index < -0.39 is 0 Å². The molecule has 2 aromatic rings. The summed E-state index contributed by atoms with van der Waals surface area (Å²) in [5.74, 6) is 1.07. The van der Waals surface area contributed by atoms with Crippen LogP contribution in [0.25, 0.3) is 10.9 Å². The van der Waals surface area contributed by atoms with Crippen LogP contribution in [0.1, 0.15) is 24.4 Å². The molecule has 1 aliphatic carbocycles. The highest BCUT2D eigenvalue weighted by molar-refractivity contribution is 5.86. The van der Waals surface area contributed by atoms with Gasteiger partial charge in [-0.05, 0) is 31.9 Å². The third kappa shape index (κ3) is 1.48. The maximum Gasteiger partial charge on any atom is 0.136 e. The average molecular weight is 229 g/mol. The molecule has 1 aliphatic rings. The lowest BCUT2D eigenvalue weighted by molar-refractivity contribution is 0.481. The Bertz CT molecular complexity index is 590. The summed E-state index contributed by atoms with van der Waals surface area (Å²) < 4.78 is 0. The Morgan fingerprint density at radius 3 is 2.76 bits per heavy atom. The van der Waals surface area contributed by atoms with Crippen molar-refractivity contribution in [1.29, 1.82) is 0 Å². The maximum atomic E-state index is 9.81. The molecule has 0 amide bonds. The van der Waals surface area contributed by atoms with Crippen LogP contribution in [0, 0.1) is 6.92 Å². The molecule has 0 unspecified atom stereocenters. The van der Waals surface area contributed by atoms with Crippen LogP contribution in [0.4, 0.5) is 0 Å². The fraction of sp³-hybridized carbons (Fsp3) is 0.385. The number of aromatic hydroxyl groups is 1. The molecule has 0 radical (unpaired) electrons. The minimum Gasteiger partial charge on any atom is -0.507 e. The zero-order valence-electron chi connectivity index (χ0n) is 9.77. The number of phenolic OH excluding ortho intramolecular Hbond substituents is 1. The monoisotopic (exact) mass is 229 g/mol. The largest absolute Gasteiger partial charge is 0.507 e. The van der Waals surface area contributed by atoms with Gasteiger partial charge in [0.2, 0.25) is 0 Å². The molecule has 1 fully saturated rings. The van der Waals surface area contributed by atoms with Crippen molar-refractivity contribution in [2.24, 2.45) is 5.73 Å². The van der Waals surface area contributed by atoms with Gasteiger partial charge in [0.05, 0.1) is 16.6 Å². The third-order valence-electron chi connectivity index (χ3n) is 3.60. The Balaban J connectivity index is 2.25. The minimum absolute atomic E-state index is 0.00951. The summed E-state index contributed by atoms with van der Waals surface area (Å²) in [6.45, 7) is 2.50. The molecule has 1 saturated carbocycles. The predicted octanol–water partition coefficient (Wildman–Crippen LogP) is 1.63. The van der Waals surface area contributed by atoms with Gasteiger partial charge in [0.1, 0.15) is 11.6 Å². The molecule has 0 atom stereocenters. The second kappa shape index (κ2) is 3.40. The van der Waals surface area contributed by atoms with Crippen molar-refractivity contribution in [3.8, 4) is 5.75 Å². The van der Waals surface area contributed by atoms with E-state index in [1.165, 1.54) is 0 Å². The van der Waals surface area contributed by atoms with Crippen LogP contribution in [-0.2, 0) is 5.41 Å². The van der Waals surface area contributed by atoms with Gasteiger partial charge < -0.3 is 10.8 Å². The number of aromatic nitrogens is 2. The van der Waals surface area contributed by atoms with Gasteiger partial charge in [-0.2, -0.15) is 0 Å². The van der Waals surface area contributed by atoms with E-state index in [9.17, 15) is 5.11 Å². The molecule has 1 heterocycles. The van der Waals surface area contributed by atoms with Crippen molar-refractivity contribution < 1.29 is 5.11 Å². The first-order valence-electron chi connectivity index (χ1n) is 5.83. The maximum absolute atomic E-state index is 9.81. The van der Waals surface area contributed by atoms with Gasteiger partial charge in [0, 0.05) is 12.0 Å². The summed E-state index contributed by atoms with van der Waals surface area (Å²) in [7, 11) is 0. The first-order chi connectivity index (χ1) is 8.16. The van der Waals surface area contributed by atoms with E-state index >= 15 is 0 Å². The highest BCUT2D eigenvalue weighted by atomic mass is 16.3. The number of fused-ring (bicyclic) bond motifs is 1. The van der Waals surface area contributed by atoms with Crippen molar-refractivity contribution in [3.05, 3.63) is 29.7 Å². The molecular weight excluding hydrogens is 214 g/mol. The number of benzene rings is 1. The molecule has 0 bridgehead atoms. The number of aryl methyl sites for hydroxylation is 1. The lowest BCUT2D eigenvalue weighted by Gasteiger charge is -2.13. The zero-order chi connectivity index (χ0) is 12.0. The predicted molar refractivity (Wildman–Crippen MR) is 65.9 cm³/mol. The van der Waals surface area contributed by atoms with E-state index in [4.69, 9.17) is 5.73 Å². The summed E-state index contributed by atoms with van der Waals surface area (Å²) in [6.07, 6.45) is 2.13. The van der Waals surface area contributed by atoms with Crippen LogP contribution in [0.3, 0.4) is 0 Å². The van der Waals surface area contributed by atoms with Gasteiger partial charge in [0.15, 0.2) is 0 Å². The molecule has 1 aromatic carbocycles. The summed E-state index contributed by atoms with van der Waals surface area (Å²) in [5.41, 5.74) is 7.41. The Hall–Kier alpha value is -1.68. The van der Waals surface area contributed by atoms with E-state index in [0.717, 1.165) is 35.3 Å². The normalized spacial score (nSPS) is 17.3. The van der Waals surface area contributed by atoms with Gasteiger partial charge >= 0.3 is 0 Å². The number of rotatable bonds is 2. The molecule has 0 aliphatic heterocycles. The molecule has 3 rings (SSSR count). The molecule has 1 aromatic heterocycles. The van der Waals surface area contributed by atoms with E-state index in [1.807, 2.05) is 13.0 Å². The number of nitrogens with two attached hydrogens (primary N) is 1. The number of hydrogen-bond acceptors (Lipinski definition) is 4. The lowest BCUT2D eigenvalue weighted by Crippen LogP contribution is -2.22.